The normalized spacial score (nSPS) is 12.6. The highest BCUT2D eigenvalue weighted by Gasteiger charge is 2.24. The molecule has 0 saturated heterocycles. The lowest BCUT2D eigenvalue weighted by Gasteiger charge is -2.19. The summed E-state index contributed by atoms with van der Waals surface area (Å²) in [5, 5.41) is 10.2. The molecule has 1 aliphatic heterocycles. The maximum absolute atomic E-state index is 4.85. The number of rotatable bonds is 2. The summed E-state index contributed by atoms with van der Waals surface area (Å²) < 4.78 is 2.18. The number of aromatic nitrogens is 5. The molecule has 0 unspecified atom stereocenters. The second-order valence-corrected chi connectivity index (χ2v) is 7.84. The highest BCUT2D eigenvalue weighted by atomic mass is 32.2. The molecule has 0 radical (unpaired) electrons. The molecule has 0 fully saturated rings. The van der Waals surface area contributed by atoms with Gasteiger partial charge in [0.2, 0.25) is 0 Å². The molecule has 3 aromatic heterocycles. The van der Waals surface area contributed by atoms with Crippen molar-refractivity contribution in [3.8, 4) is 28.5 Å². The summed E-state index contributed by atoms with van der Waals surface area (Å²) >= 11 is 1.80. The van der Waals surface area contributed by atoms with E-state index in [0.717, 1.165) is 50.9 Å². The smallest absolute Gasteiger partial charge is 0.169 e. The fourth-order valence-electron chi connectivity index (χ4n) is 3.75. The van der Waals surface area contributed by atoms with Crippen molar-refractivity contribution in [3.63, 3.8) is 0 Å². The molecule has 6 heteroatoms. The van der Waals surface area contributed by atoms with E-state index < -0.39 is 0 Å². The molecule has 138 valence electrons. The predicted molar refractivity (Wildman–Crippen MR) is 115 cm³/mol. The molecule has 4 heterocycles. The standard InChI is InChI=1S/C23H15N5S/c1-2-8-17-15(7-1)16(13-19(25-17)18-9-5-6-12-24-18)23-27-26-22-14-29-21-11-4-3-10-20(21)28(22)23/h1-13H,14H2. The fraction of sp³-hybridized carbons (Fsp3) is 0.0435. The fourth-order valence-corrected chi connectivity index (χ4v) is 4.70. The first-order valence-corrected chi connectivity index (χ1v) is 10.3. The first kappa shape index (κ1) is 16.4. The van der Waals surface area contributed by atoms with Crippen LogP contribution in [0.1, 0.15) is 5.82 Å². The number of benzene rings is 2. The zero-order chi connectivity index (χ0) is 19.2. The zero-order valence-corrected chi connectivity index (χ0v) is 16.2. The Kier molecular flexibility index (Phi) is 3.70. The average Bonchev–Trinajstić information content (AvgIpc) is 3.23. The minimum absolute atomic E-state index is 0.806. The van der Waals surface area contributed by atoms with E-state index in [1.165, 1.54) is 4.90 Å². The molecule has 0 bridgehead atoms. The summed E-state index contributed by atoms with van der Waals surface area (Å²) in [7, 11) is 0. The molecule has 1 aliphatic rings. The second kappa shape index (κ2) is 6.53. The van der Waals surface area contributed by atoms with E-state index >= 15 is 0 Å². The van der Waals surface area contributed by atoms with Crippen LogP contribution in [0.3, 0.4) is 0 Å². The van der Waals surface area contributed by atoms with Gasteiger partial charge in [0.25, 0.3) is 0 Å². The quantitative estimate of drug-likeness (QED) is 0.415. The zero-order valence-electron chi connectivity index (χ0n) is 15.4. The first-order valence-electron chi connectivity index (χ1n) is 9.36. The molecule has 0 aliphatic carbocycles. The summed E-state index contributed by atoms with van der Waals surface area (Å²) in [6, 6.07) is 24.5. The van der Waals surface area contributed by atoms with E-state index in [9.17, 15) is 0 Å². The van der Waals surface area contributed by atoms with Crippen LogP contribution in [-0.4, -0.2) is 24.7 Å². The van der Waals surface area contributed by atoms with Crippen LogP contribution in [0, 0.1) is 0 Å². The Bertz CT molecular complexity index is 1360. The van der Waals surface area contributed by atoms with Gasteiger partial charge in [-0.15, -0.1) is 22.0 Å². The Morgan fingerprint density at radius 2 is 1.69 bits per heavy atom. The van der Waals surface area contributed by atoms with Crippen LogP contribution >= 0.6 is 11.8 Å². The molecular weight excluding hydrogens is 378 g/mol. The molecule has 0 spiro atoms. The molecule has 2 aromatic carbocycles. The van der Waals surface area contributed by atoms with Gasteiger partial charge >= 0.3 is 0 Å². The van der Waals surface area contributed by atoms with Crippen LogP contribution in [0.5, 0.6) is 0 Å². The van der Waals surface area contributed by atoms with Crippen molar-refractivity contribution >= 4 is 22.7 Å². The minimum Gasteiger partial charge on any atom is -0.277 e. The van der Waals surface area contributed by atoms with Gasteiger partial charge in [-0.25, -0.2) is 4.98 Å². The molecule has 5 aromatic rings. The van der Waals surface area contributed by atoms with Crippen molar-refractivity contribution in [2.24, 2.45) is 0 Å². The Morgan fingerprint density at radius 1 is 0.828 bits per heavy atom. The van der Waals surface area contributed by atoms with Crippen LogP contribution < -0.4 is 0 Å². The number of para-hydroxylation sites is 2. The van der Waals surface area contributed by atoms with Gasteiger partial charge in [0.1, 0.15) is 5.82 Å². The highest BCUT2D eigenvalue weighted by Crippen LogP contribution is 2.39. The van der Waals surface area contributed by atoms with E-state index in [1.54, 1.807) is 18.0 Å². The Balaban J connectivity index is 1.65. The molecule has 6 rings (SSSR count). The number of hydrogen-bond donors (Lipinski definition) is 0. The van der Waals surface area contributed by atoms with Gasteiger partial charge in [-0.1, -0.05) is 36.4 Å². The predicted octanol–water partition coefficient (Wildman–Crippen LogP) is 5.15. The van der Waals surface area contributed by atoms with Gasteiger partial charge in [-0.2, -0.15) is 0 Å². The summed E-state index contributed by atoms with van der Waals surface area (Å²) in [4.78, 5) is 10.6. The summed E-state index contributed by atoms with van der Waals surface area (Å²) in [6.45, 7) is 0. The number of thioether (sulfide) groups is 1. The average molecular weight is 393 g/mol. The molecule has 29 heavy (non-hydrogen) atoms. The maximum atomic E-state index is 4.85. The highest BCUT2D eigenvalue weighted by molar-refractivity contribution is 7.98. The third-order valence-electron chi connectivity index (χ3n) is 5.08. The number of hydrogen-bond acceptors (Lipinski definition) is 5. The van der Waals surface area contributed by atoms with Crippen molar-refractivity contribution in [1.82, 2.24) is 24.7 Å². The van der Waals surface area contributed by atoms with E-state index in [0.29, 0.717) is 0 Å². The number of pyridine rings is 2. The first-order chi connectivity index (χ1) is 14.4. The van der Waals surface area contributed by atoms with Crippen LogP contribution in [0.4, 0.5) is 0 Å². The third kappa shape index (κ3) is 2.64. The van der Waals surface area contributed by atoms with E-state index in [2.05, 4.69) is 56.1 Å². The van der Waals surface area contributed by atoms with Crippen molar-refractivity contribution in [2.75, 3.05) is 0 Å². The summed E-state index contributed by atoms with van der Waals surface area (Å²) in [5.74, 6) is 2.60. The molecule has 0 N–H and O–H groups in total. The van der Waals surface area contributed by atoms with Gasteiger partial charge in [0.05, 0.1) is 28.3 Å². The van der Waals surface area contributed by atoms with Crippen molar-refractivity contribution in [1.29, 1.82) is 0 Å². The topological polar surface area (TPSA) is 56.5 Å². The third-order valence-corrected chi connectivity index (χ3v) is 6.14. The minimum atomic E-state index is 0.806. The van der Waals surface area contributed by atoms with Gasteiger partial charge in [-0.05, 0) is 36.4 Å². The SMILES string of the molecule is c1ccc(-c2cc(-c3nnc4n3-c3ccccc3SC4)c3ccccc3n2)nc1. The molecular formula is C23H15N5S. The second-order valence-electron chi connectivity index (χ2n) is 6.82. The Labute approximate surface area is 171 Å². The van der Waals surface area contributed by atoms with E-state index in [-0.39, 0.29) is 0 Å². The lowest BCUT2D eigenvalue weighted by Crippen LogP contribution is -2.08. The van der Waals surface area contributed by atoms with Gasteiger partial charge in [0, 0.05) is 22.0 Å². The molecule has 0 amide bonds. The van der Waals surface area contributed by atoms with E-state index in [4.69, 9.17) is 4.98 Å². The molecule has 5 nitrogen and oxygen atoms in total. The van der Waals surface area contributed by atoms with Gasteiger partial charge in [0.15, 0.2) is 5.82 Å². The van der Waals surface area contributed by atoms with Crippen LogP contribution in [0.15, 0.2) is 83.9 Å². The Morgan fingerprint density at radius 3 is 2.62 bits per heavy atom. The summed E-state index contributed by atoms with van der Waals surface area (Å²) in [6.07, 6.45) is 1.79. The van der Waals surface area contributed by atoms with Crippen LogP contribution in [0.25, 0.3) is 39.4 Å². The number of fused-ring (bicyclic) bond motifs is 4. The summed E-state index contributed by atoms with van der Waals surface area (Å²) in [5.41, 5.74) is 4.72. The lowest BCUT2D eigenvalue weighted by atomic mass is 10.1. The van der Waals surface area contributed by atoms with Crippen molar-refractivity contribution < 1.29 is 0 Å². The van der Waals surface area contributed by atoms with Crippen LogP contribution in [0.2, 0.25) is 0 Å². The monoisotopic (exact) mass is 393 g/mol. The molecule has 0 atom stereocenters. The van der Waals surface area contributed by atoms with Crippen molar-refractivity contribution in [2.45, 2.75) is 10.6 Å². The Hall–Kier alpha value is -3.51. The lowest BCUT2D eigenvalue weighted by molar-refractivity contribution is 0.923. The van der Waals surface area contributed by atoms with Crippen LogP contribution in [-0.2, 0) is 5.75 Å². The van der Waals surface area contributed by atoms with Gasteiger partial charge < -0.3 is 0 Å². The number of nitrogens with zero attached hydrogens (tertiary/aromatic N) is 5. The maximum Gasteiger partial charge on any atom is 0.169 e. The van der Waals surface area contributed by atoms with Crippen molar-refractivity contribution in [3.05, 3.63) is 84.8 Å². The van der Waals surface area contributed by atoms with E-state index in [1.807, 2.05) is 36.4 Å². The molecule has 0 saturated carbocycles. The van der Waals surface area contributed by atoms with Gasteiger partial charge in [-0.3, -0.25) is 9.55 Å². The largest absolute Gasteiger partial charge is 0.277 e.